The molecule has 28 heavy (non-hydrogen) atoms. The van der Waals surface area contributed by atoms with Crippen LogP contribution in [0.15, 0.2) is 60.8 Å². The zero-order valence-corrected chi connectivity index (χ0v) is 16.1. The van der Waals surface area contributed by atoms with Gasteiger partial charge >= 0.3 is 0 Å². The summed E-state index contributed by atoms with van der Waals surface area (Å²) in [7, 11) is 1.64. The average Bonchev–Trinajstić information content (AvgIpc) is 2.73. The molecule has 3 aromatic rings. The fourth-order valence-corrected chi connectivity index (χ4v) is 3.59. The van der Waals surface area contributed by atoms with Crippen molar-refractivity contribution in [2.45, 2.75) is 19.8 Å². The van der Waals surface area contributed by atoms with Gasteiger partial charge < -0.3 is 15.0 Å². The van der Waals surface area contributed by atoms with Gasteiger partial charge in [0.1, 0.15) is 11.6 Å². The molecule has 4 rings (SSSR count). The molecule has 0 unspecified atom stereocenters. The van der Waals surface area contributed by atoms with Crippen LogP contribution in [0.3, 0.4) is 0 Å². The number of benzene rings is 2. The Morgan fingerprint density at radius 1 is 1.14 bits per heavy atom. The van der Waals surface area contributed by atoms with E-state index in [1.54, 1.807) is 25.4 Å². The van der Waals surface area contributed by atoms with E-state index in [9.17, 15) is 4.79 Å². The molecule has 1 aliphatic rings. The second-order valence-corrected chi connectivity index (χ2v) is 6.95. The summed E-state index contributed by atoms with van der Waals surface area (Å²) >= 11 is 0. The van der Waals surface area contributed by atoms with E-state index in [4.69, 9.17) is 4.74 Å². The SMILES string of the molecule is COc1ccc(C)cc1Nc1cc(C(=O)N2CCCc3ccccc32)ccn1. The summed E-state index contributed by atoms with van der Waals surface area (Å²) < 4.78 is 5.42. The molecule has 0 bridgehead atoms. The van der Waals surface area contributed by atoms with Crippen LogP contribution in [0.25, 0.3) is 0 Å². The van der Waals surface area contributed by atoms with Crippen molar-refractivity contribution >= 4 is 23.1 Å². The van der Waals surface area contributed by atoms with E-state index in [2.05, 4.69) is 16.4 Å². The summed E-state index contributed by atoms with van der Waals surface area (Å²) in [6.07, 6.45) is 3.64. The Morgan fingerprint density at radius 2 is 2.00 bits per heavy atom. The molecule has 1 N–H and O–H groups in total. The second kappa shape index (κ2) is 7.72. The van der Waals surface area contributed by atoms with Crippen molar-refractivity contribution in [1.29, 1.82) is 0 Å². The molecular weight excluding hydrogens is 350 g/mol. The predicted octanol–water partition coefficient (Wildman–Crippen LogP) is 4.74. The summed E-state index contributed by atoms with van der Waals surface area (Å²) in [5.74, 6) is 1.34. The number of carbonyl (C=O) groups is 1. The van der Waals surface area contributed by atoms with Gasteiger partial charge in [-0.1, -0.05) is 24.3 Å². The number of carbonyl (C=O) groups excluding carboxylic acids is 1. The van der Waals surface area contributed by atoms with Gasteiger partial charge in [0.15, 0.2) is 0 Å². The first kappa shape index (κ1) is 18.0. The summed E-state index contributed by atoms with van der Waals surface area (Å²) in [6.45, 7) is 2.75. The standard InChI is InChI=1S/C23H23N3O2/c1-16-9-10-21(28-2)19(14-16)25-22-15-18(11-12-24-22)23(27)26-13-5-7-17-6-3-4-8-20(17)26/h3-4,6,8-12,14-15H,5,7,13H2,1-2H3,(H,24,25). The van der Waals surface area contributed by atoms with Crippen LogP contribution in [0.1, 0.15) is 27.9 Å². The number of hydrogen-bond acceptors (Lipinski definition) is 4. The number of pyridine rings is 1. The number of aryl methyl sites for hydroxylation is 2. The van der Waals surface area contributed by atoms with Gasteiger partial charge in [-0.25, -0.2) is 4.98 Å². The van der Waals surface area contributed by atoms with Crippen molar-refractivity contribution < 1.29 is 9.53 Å². The maximum absolute atomic E-state index is 13.2. The highest BCUT2D eigenvalue weighted by molar-refractivity contribution is 6.07. The van der Waals surface area contributed by atoms with Gasteiger partial charge in [0.05, 0.1) is 12.8 Å². The van der Waals surface area contributed by atoms with E-state index >= 15 is 0 Å². The van der Waals surface area contributed by atoms with Crippen LogP contribution in [0.4, 0.5) is 17.2 Å². The van der Waals surface area contributed by atoms with Crippen LogP contribution in [-0.2, 0) is 6.42 Å². The minimum Gasteiger partial charge on any atom is -0.495 e. The van der Waals surface area contributed by atoms with Crippen LogP contribution >= 0.6 is 0 Å². The van der Waals surface area contributed by atoms with E-state index in [-0.39, 0.29) is 5.91 Å². The van der Waals surface area contributed by atoms with Crippen LogP contribution < -0.4 is 15.0 Å². The molecule has 0 atom stereocenters. The number of hydrogen-bond donors (Lipinski definition) is 1. The fourth-order valence-electron chi connectivity index (χ4n) is 3.59. The minimum absolute atomic E-state index is 0.00573. The first-order chi connectivity index (χ1) is 13.7. The molecule has 142 valence electrons. The van der Waals surface area contributed by atoms with Crippen molar-refractivity contribution in [3.63, 3.8) is 0 Å². The van der Waals surface area contributed by atoms with Crippen molar-refractivity contribution in [3.8, 4) is 5.75 Å². The highest BCUT2D eigenvalue weighted by atomic mass is 16.5. The number of anilines is 3. The second-order valence-electron chi connectivity index (χ2n) is 6.95. The summed E-state index contributed by atoms with van der Waals surface area (Å²) in [5, 5.41) is 3.27. The van der Waals surface area contributed by atoms with Crippen LogP contribution in [0, 0.1) is 6.92 Å². The van der Waals surface area contributed by atoms with Gasteiger partial charge in [-0.3, -0.25) is 4.79 Å². The van der Waals surface area contributed by atoms with E-state index in [0.717, 1.165) is 42.1 Å². The molecule has 0 saturated carbocycles. The molecule has 2 heterocycles. The molecule has 5 nitrogen and oxygen atoms in total. The van der Waals surface area contributed by atoms with Gasteiger partial charge in [-0.15, -0.1) is 0 Å². The Kier molecular flexibility index (Phi) is 4.98. The predicted molar refractivity (Wildman–Crippen MR) is 112 cm³/mol. The van der Waals surface area contributed by atoms with Gasteiger partial charge in [0, 0.05) is 24.0 Å². The third-order valence-electron chi connectivity index (χ3n) is 4.98. The summed E-state index contributed by atoms with van der Waals surface area (Å²) in [5.41, 5.74) is 4.77. The fraction of sp³-hybridized carbons (Fsp3) is 0.217. The van der Waals surface area contributed by atoms with Gasteiger partial charge in [0.2, 0.25) is 0 Å². The molecule has 2 aromatic carbocycles. The maximum atomic E-state index is 13.2. The Morgan fingerprint density at radius 3 is 2.86 bits per heavy atom. The topological polar surface area (TPSA) is 54.5 Å². The lowest BCUT2D eigenvalue weighted by molar-refractivity contribution is 0.0985. The quantitative estimate of drug-likeness (QED) is 0.718. The number of nitrogens with zero attached hydrogens (tertiary/aromatic N) is 2. The Hall–Kier alpha value is -3.34. The molecule has 1 aliphatic heterocycles. The van der Waals surface area contributed by atoms with Crippen molar-refractivity contribution in [3.05, 3.63) is 77.5 Å². The van der Waals surface area contributed by atoms with E-state index in [0.29, 0.717) is 11.4 Å². The monoisotopic (exact) mass is 373 g/mol. The highest BCUT2D eigenvalue weighted by Gasteiger charge is 2.23. The molecule has 0 saturated heterocycles. The number of methoxy groups -OCH3 is 1. The minimum atomic E-state index is -0.00573. The maximum Gasteiger partial charge on any atom is 0.258 e. The van der Waals surface area contributed by atoms with Crippen molar-refractivity contribution in [2.75, 3.05) is 23.9 Å². The third-order valence-corrected chi connectivity index (χ3v) is 4.98. The number of aromatic nitrogens is 1. The third kappa shape index (κ3) is 3.56. The lowest BCUT2D eigenvalue weighted by atomic mass is 10.0. The number of nitrogens with one attached hydrogen (secondary N) is 1. The molecule has 5 heteroatoms. The smallest absolute Gasteiger partial charge is 0.258 e. The zero-order chi connectivity index (χ0) is 19.5. The molecule has 1 aromatic heterocycles. The Balaban J connectivity index is 1.61. The van der Waals surface area contributed by atoms with Gasteiger partial charge in [-0.05, 0) is 61.2 Å². The number of para-hydroxylation sites is 1. The lowest BCUT2D eigenvalue weighted by Crippen LogP contribution is -2.35. The Bertz CT molecular complexity index is 1020. The molecular formula is C23H23N3O2. The largest absolute Gasteiger partial charge is 0.495 e. The highest BCUT2D eigenvalue weighted by Crippen LogP contribution is 2.30. The number of rotatable bonds is 4. The Labute approximate surface area is 165 Å². The van der Waals surface area contributed by atoms with Gasteiger partial charge in [-0.2, -0.15) is 0 Å². The van der Waals surface area contributed by atoms with Crippen molar-refractivity contribution in [1.82, 2.24) is 4.98 Å². The summed E-state index contributed by atoms with van der Waals surface area (Å²) in [4.78, 5) is 19.4. The molecule has 0 radical (unpaired) electrons. The first-order valence-corrected chi connectivity index (χ1v) is 9.43. The van der Waals surface area contributed by atoms with Gasteiger partial charge in [0.25, 0.3) is 5.91 Å². The van der Waals surface area contributed by atoms with E-state index in [1.807, 2.05) is 48.2 Å². The van der Waals surface area contributed by atoms with E-state index in [1.165, 1.54) is 5.56 Å². The lowest BCUT2D eigenvalue weighted by Gasteiger charge is -2.29. The van der Waals surface area contributed by atoms with E-state index < -0.39 is 0 Å². The number of fused-ring (bicyclic) bond motifs is 1. The number of ether oxygens (including phenoxy) is 1. The molecule has 0 aliphatic carbocycles. The number of amides is 1. The first-order valence-electron chi connectivity index (χ1n) is 9.43. The van der Waals surface area contributed by atoms with Crippen LogP contribution in [-0.4, -0.2) is 24.5 Å². The van der Waals surface area contributed by atoms with Crippen LogP contribution in [0.5, 0.6) is 5.75 Å². The molecule has 0 spiro atoms. The zero-order valence-electron chi connectivity index (χ0n) is 16.1. The summed E-state index contributed by atoms with van der Waals surface area (Å²) in [6, 6.07) is 17.6. The van der Waals surface area contributed by atoms with Crippen molar-refractivity contribution in [2.24, 2.45) is 0 Å². The average molecular weight is 373 g/mol. The molecule has 1 amide bonds. The molecule has 0 fully saturated rings. The normalized spacial score (nSPS) is 13.0. The van der Waals surface area contributed by atoms with Crippen LogP contribution in [0.2, 0.25) is 0 Å².